The number of ether oxygens (including phenoxy) is 3. The maximum absolute atomic E-state index is 14.3. The molecule has 7 heteroatoms. The number of rotatable bonds is 2. The lowest BCUT2D eigenvalue weighted by molar-refractivity contribution is 0.0992. The van der Waals surface area contributed by atoms with Gasteiger partial charge >= 0.3 is 0 Å². The number of nitriles is 1. The molecule has 120 valence electrons. The van der Waals surface area contributed by atoms with Crippen LogP contribution in [0.5, 0.6) is 17.2 Å². The molecule has 6 nitrogen and oxygen atoms in total. The third-order valence-electron chi connectivity index (χ3n) is 4.09. The van der Waals surface area contributed by atoms with E-state index in [1.54, 1.807) is 18.2 Å². The molecular formula is C17H11FN2O4. The Hall–Kier alpha value is -3.27. The first kappa shape index (κ1) is 14.3. The Morgan fingerprint density at radius 1 is 1.29 bits per heavy atom. The predicted octanol–water partition coefficient (Wildman–Crippen LogP) is 2.79. The fraction of sp³-hybridized carbons (Fsp3) is 0.176. The lowest BCUT2D eigenvalue weighted by atomic mass is 10.0. The van der Waals surface area contributed by atoms with Crippen molar-refractivity contribution < 1.29 is 23.4 Å². The molecule has 1 atom stereocenters. The van der Waals surface area contributed by atoms with Gasteiger partial charge in [0.1, 0.15) is 11.6 Å². The highest BCUT2D eigenvalue weighted by Crippen LogP contribution is 2.44. The zero-order chi connectivity index (χ0) is 16.8. The van der Waals surface area contributed by atoms with Gasteiger partial charge in [-0.05, 0) is 24.3 Å². The summed E-state index contributed by atoms with van der Waals surface area (Å²) in [4.78, 5) is 14.1. The van der Waals surface area contributed by atoms with Gasteiger partial charge in [0.15, 0.2) is 17.5 Å². The minimum absolute atomic E-state index is 0.0273. The van der Waals surface area contributed by atoms with E-state index in [0.29, 0.717) is 17.2 Å². The molecule has 1 unspecified atom stereocenters. The molecule has 0 N–H and O–H groups in total. The van der Waals surface area contributed by atoms with E-state index in [1.165, 1.54) is 24.1 Å². The summed E-state index contributed by atoms with van der Waals surface area (Å²) in [5.41, 5.74) is 0.523. The number of hydrogen-bond donors (Lipinski definition) is 0. The van der Waals surface area contributed by atoms with E-state index in [2.05, 4.69) is 0 Å². The van der Waals surface area contributed by atoms with Crippen LogP contribution in [0.4, 0.5) is 10.1 Å². The van der Waals surface area contributed by atoms with Gasteiger partial charge in [0.2, 0.25) is 6.79 Å². The monoisotopic (exact) mass is 326 g/mol. The van der Waals surface area contributed by atoms with Gasteiger partial charge < -0.3 is 14.2 Å². The van der Waals surface area contributed by atoms with Crippen LogP contribution in [-0.2, 0) is 0 Å². The standard InChI is InChI=1S/C17H11FN2O4/c1-22-13-5-3-10(18)15-11(7-19)20(17(21)16(13)15)9-2-4-12-14(6-9)24-8-23-12/h2-6,11H,8H2,1H3. The first-order valence-corrected chi connectivity index (χ1v) is 7.15. The van der Waals surface area contributed by atoms with Crippen molar-refractivity contribution in [2.75, 3.05) is 18.8 Å². The van der Waals surface area contributed by atoms with Crippen molar-refractivity contribution in [1.82, 2.24) is 0 Å². The molecule has 24 heavy (non-hydrogen) atoms. The Bertz CT molecular complexity index is 906. The van der Waals surface area contributed by atoms with Gasteiger partial charge in [0, 0.05) is 17.3 Å². The predicted molar refractivity (Wildman–Crippen MR) is 80.7 cm³/mol. The molecule has 0 spiro atoms. The summed E-state index contributed by atoms with van der Waals surface area (Å²) >= 11 is 0. The van der Waals surface area contributed by atoms with Gasteiger partial charge in [-0.2, -0.15) is 5.26 Å². The van der Waals surface area contributed by atoms with E-state index in [-0.39, 0.29) is 23.7 Å². The van der Waals surface area contributed by atoms with Crippen LogP contribution in [-0.4, -0.2) is 19.8 Å². The zero-order valence-corrected chi connectivity index (χ0v) is 12.6. The summed E-state index contributed by atoms with van der Waals surface area (Å²) in [7, 11) is 1.39. The Morgan fingerprint density at radius 2 is 2.08 bits per heavy atom. The zero-order valence-electron chi connectivity index (χ0n) is 12.6. The van der Waals surface area contributed by atoms with E-state index in [9.17, 15) is 14.4 Å². The Balaban J connectivity index is 1.88. The molecular weight excluding hydrogens is 315 g/mol. The number of carbonyl (C=O) groups excluding carboxylic acids is 1. The van der Waals surface area contributed by atoms with Crippen LogP contribution in [0.2, 0.25) is 0 Å². The lowest BCUT2D eigenvalue weighted by Gasteiger charge is -2.20. The fourth-order valence-electron chi connectivity index (χ4n) is 3.02. The second-order valence-corrected chi connectivity index (χ2v) is 5.28. The van der Waals surface area contributed by atoms with Gasteiger partial charge in [-0.25, -0.2) is 4.39 Å². The average Bonchev–Trinajstić information content (AvgIpc) is 3.17. The summed E-state index contributed by atoms with van der Waals surface area (Å²) in [6.07, 6.45) is 0. The van der Waals surface area contributed by atoms with Crippen molar-refractivity contribution in [3.05, 3.63) is 47.3 Å². The maximum atomic E-state index is 14.3. The van der Waals surface area contributed by atoms with Gasteiger partial charge in [-0.1, -0.05) is 0 Å². The number of nitrogens with zero attached hydrogens (tertiary/aromatic N) is 2. The fourth-order valence-corrected chi connectivity index (χ4v) is 3.02. The lowest BCUT2D eigenvalue weighted by Crippen LogP contribution is -2.27. The van der Waals surface area contributed by atoms with Crippen molar-refractivity contribution in [1.29, 1.82) is 5.26 Å². The Kier molecular flexibility index (Phi) is 3.06. The van der Waals surface area contributed by atoms with Crippen LogP contribution >= 0.6 is 0 Å². The van der Waals surface area contributed by atoms with E-state index in [4.69, 9.17) is 14.2 Å². The van der Waals surface area contributed by atoms with E-state index in [0.717, 1.165) is 0 Å². The molecule has 0 saturated carbocycles. The highest BCUT2D eigenvalue weighted by atomic mass is 19.1. The molecule has 2 aliphatic rings. The number of halogens is 1. The molecule has 0 saturated heterocycles. The third-order valence-corrected chi connectivity index (χ3v) is 4.09. The first-order chi connectivity index (χ1) is 11.7. The molecule has 0 aliphatic carbocycles. The number of carbonyl (C=O) groups is 1. The van der Waals surface area contributed by atoms with Gasteiger partial charge in [0.25, 0.3) is 5.91 Å². The number of benzene rings is 2. The molecule has 1 amide bonds. The Labute approximate surface area is 136 Å². The molecule has 0 radical (unpaired) electrons. The van der Waals surface area contributed by atoms with Gasteiger partial charge in [-0.15, -0.1) is 0 Å². The second kappa shape index (κ2) is 5.13. The van der Waals surface area contributed by atoms with E-state index in [1.807, 2.05) is 6.07 Å². The number of hydrogen-bond acceptors (Lipinski definition) is 5. The second-order valence-electron chi connectivity index (χ2n) is 5.28. The summed E-state index contributed by atoms with van der Waals surface area (Å²) in [5, 5.41) is 9.54. The van der Waals surface area contributed by atoms with Crippen molar-refractivity contribution in [2.45, 2.75) is 6.04 Å². The number of anilines is 1. The quantitative estimate of drug-likeness (QED) is 0.848. The maximum Gasteiger partial charge on any atom is 0.263 e. The number of methoxy groups -OCH3 is 1. The van der Waals surface area contributed by atoms with Crippen molar-refractivity contribution in [3.8, 4) is 23.3 Å². The topological polar surface area (TPSA) is 71.8 Å². The van der Waals surface area contributed by atoms with Crippen LogP contribution in [0, 0.1) is 17.1 Å². The smallest absolute Gasteiger partial charge is 0.263 e. The van der Waals surface area contributed by atoms with Gasteiger partial charge in [0.05, 0.1) is 18.7 Å². The molecule has 0 fully saturated rings. The molecule has 2 aliphatic heterocycles. The molecule has 0 aromatic heterocycles. The minimum Gasteiger partial charge on any atom is -0.496 e. The average molecular weight is 326 g/mol. The van der Waals surface area contributed by atoms with E-state index >= 15 is 0 Å². The molecule has 2 heterocycles. The molecule has 2 aromatic rings. The van der Waals surface area contributed by atoms with Crippen molar-refractivity contribution >= 4 is 11.6 Å². The molecule has 2 aromatic carbocycles. The summed E-state index contributed by atoms with van der Waals surface area (Å²) < 4.78 is 30.0. The summed E-state index contributed by atoms with van der Waals surface area (Å²) in [6.45, 7) is 0.0943. The minimum atomic E-state index is -1.08. The first-order valence-electron chi connectivity index (χ1n) is 7.15. The van der Waals surface area contributed by atoms with Crippen LogP contribution < -0.4 is 19.1 Å². The summed E-state index contributed by atoms with van der Waals surface area (Å²) in [6, 6.07) is 8.37. The normalized spacial score (nSPS) is 17.6. The number of fused-ring (bicyclic) bond motifs is 2. The Morgan fingerprint density at radius 3 is 2.83 bits per heavy atom. The number of amides is 1. The molecule has 0 bridgehead atoms. The third kappa shape index (κ3) is 1.83. The van der Waals surface area contributed by atoms with Crippen LogP contribution in [0.25, 0.3) is 0 Å². The van der Waals surface area contributed by atoms with Gasteiger partial charge in [-0.3, -0.25) is 9.69 Å². The van der Waals surface area contributed by atoms with Crippen molar-refractivity contribution in [3.63, 3.8) is 0 Å². The van der Waals surface area contributed by atoms with Crippen molar-refractivity contribution in [2.24, 2.45) is 0 Å². The molecule has 4 rings (SSSR count). The highest BCUT2D eigenvalue weighted by molar-refractivity contribution is 6.13. The van der Waals surface area contributed by atoms with Crippen LogP contribution in [0.1, 0.15) is 22.0 Å². The SMILES string of the molecule is COc1ccc(F)c2c1C(=O)N(c1ccc3c(c1)OCO3)C2C#N. The van der Waals surface area contributed by atoms with E-state index < -0.39 is 17.8 Å². The highest BCUT2D eigenvalue weighted by Gasteiger charge is 2.42. The van der Waals surface area contributed by atoms with Crippen LogP contribution in [0.15, 0.2) is 30.3 Å². The largest absolute Gasteiger partial charge is 0.496 e. The van der Waals surface area contributed by atoms with Crippen LogP contribution in [0.3, 0.4) is 0 Å². The summed E-state index contributed by atoms with van der Waals surface area (Å²) in [5.74, 6) is 0.154.